The predicted octanol–water partition coefficient (Wildman–Crippen LogP) is 8.27. The monoisotopic (exact) mass is 553 g/mol. The summed E-state index contributed by atoms with van der Waals surface area (Å²) in [6, 6.07) is 21.8. The fourth-order valence-electron chi connectivity index (χ4n) is 4.69. The highest BCUT2D eigenvalue weighted by atomic mass is 35.5. The SMILES string of the molecule is Fc1ccc2c(c1)C1=NN(C(=S)Nc3ccc(Cl)c(Cl)c3)C(c3ccccc3-c3ccco3)C1CS2. The van der Waals surface area contributed by atoms with Gasteiger partial charge in [-0.3, -0.25) is 0 Å². The number of nitrogens with one attached hydrogen (secondary N) is 1. The molecular weight excluding hydrogens is 536 g/mol. The first-order valence-corrected chi connectivity index (χ1v) is 13.3. The minimum Gasteiger partial charge on any atom is -0.464 e. The molecule has 180 valence electrons. The average molecular weight is 554 g/mol. The molecule has 0 bridgehead atoms. The number of thiocarbonyl (C=S) groups is 1. The number of hydrogen-bond acceptors (Lipinski definition) is 4. The van der Waals surface area contributed by atoms with Crippen LogP contribution in [0.15, 0.2) is 93.5 Å². The molecule has 4 nitrogen and oxygen atoms in total. The topological polar surface area (TPSA) is 40.8 Å². The van der Waals surface area contributed by atoms with E-state index in [1.54, 1.807) is 36.2 Å². The van der Waals surface area contributed by atoms with Crippen molar-refractivity contribution in [3.8, 4) is 11.3 Å². The quantitative estimate of drug-likeness (QED) is 0.258. The molecule has 1 N–H and O–H groups in total. The second kappa shape index (κ2) is 9.56. The Morgan fingerprint density at radius 3 is 2.69 bits per heavy atom. The van der Waals surface area contributed by atoms with E-state index in [0.717, 1.165) is 38.8 Å². The number of benzene rings is 3. The summed E-state index contributed by atoms with van der Waals surface area (Å²) >= 11 is 19.9. The highest BCUT2D eigenvalue weighted by Gasteiger charge is 2.44. The maximum absolute atomic E-state index is 14.3. The van der Waals surface area contributed by atoms with Gasteiger partial charge in [0.15, 0.2) is 5.11 Å². The molecular formula is C27H18Cl2FN3OS2. The van der Waals surface area contributed by atoms with E-state index in [1.807, 2.05) is 47.5 Å². The Labute approximate surface area is 227 Å². The molecule has 0 saturated carbocycles. The number of hydrogen-bond donors (Lipinski definition) is 1. The third-order valence-electron chi connectivity index (χ3n) is 6.29. The van der Waals surface area contributed by atoms with Crippen molar-refractivity contribution in [3.05, 3.63) is 106 Å². The van der Waals surface area contributed by atoms with Crippen LogP contribution in [0.2, 0.25) is 10.0 Å². The van der Waals surface area contributed by atoms with Crippen LogP contribution in [0.25, 0.3) is 11.3 Å². The molecule has 2 aliphatic heterocycles. The first kappa shape index (κ1) is 23.6. The Hall–Kier alpha value is -2.84. The number of fused-ring (bicyclic) bond motifs is 3. The van der Waals surface area contributed by atoms with Crippen molar-refractivity contribution in [1.29, 1.82) is 0 Å². The average Bonchev–Trinajstić information content (AvgIpc) is 3.55. The second-order valence-corrected chi connectivity index (χ2v) is 10.7. The van der Waals surface area contributed by atoms with E-state index >= 15 is 0 Å². The molecule has 3 aromatic carbocycles. The van der Waals surface area contributed by atoms with Gasteiger partial charge < -0.3 is 9.73 Å². The third kappa shape index (κ3) is 4.20. The van der Waals surface area contributed by atoms with Crippen molar-refractivity contribution in [2.24, 2.45) is 11.0 Å². The summed E-state index contributed by atoms with van der Waals surface area (Å²) in [6.07, 6.45) is 1.66. The number of hydrazone groups is 1. The summed E-state index contributed by atoms with van der Waals surface area (Å²) in [6.45, 7) is 0. The number of halogens is 3. The Bertz CT molecular complexity index is 1510. The molecule has 3 heterocycles. The van der Waals surface area contributed by atoms with Crippen LogP contribution >= 0.6 is 47.2 Å². The van der Waals surface area contributed by atoms with E-state index < -0.39 is 0 Å². The largest absolute Gasteiger partial charge is 0.464 e. The van der Waals surface area contributed by atoms with E-state index in [-0.39, 0.29) is 17.8 Å². The normalized spacial score (nSPS) is 18.4. The van der Waals surface area contributed by atoms with Crippen molar-refractivity contribution in [2.45, 2.75) is 10.9 Å². The van der Waals surface area contributed by atoms with Crippen LogP contribution in [0.5, 0.6) is 0 Å². The fourth-order valence-corrected chi connectivity index (χ4v) is 6.44. The Morgan fingerprint density at radius 1 is 1.03 bits per heavy atom. The molecule has 4 aromatic rings. The molecule has 0 saturated heterocycles. The van der Waals surface area contributed by atoms with Gasteiger partial charge in [0.1, 0.15) is 11.6 Å². The van der Waals surface area contributed by atoms with Crippen LogP contribution in [0.3, 0.4) is 0 Å². The van der Waals surface area contributed by atoms with Crippen LogP contribution in [-0.4, -0.2) is 21.6 Å². The van der Waals surface area contributed by atoms with Gasteiger partial charge in [-0.2, -0.15) is 5.10 Å². The van der Waals surface area contributed by atoms with Gasteiger partial charge in [0.2, 0.25) is 0 Å². The van der Waals surface area contributed by atoms with Crippen LogP contribution in [0.1, 0.15) is 17.2 Å². The van der Waals surface area contributed by atoms with E-state index in [1.165, 1.54) is 6.07 Å². The maximum Gasteiger partial charge on any atom is 0.194 e. The van der Waals surface area contributed by atoms with Gasteiger partial charge in [-0.05, 0) is 66.3 Å². The maximum atomic E-state index is 14.3. The molecule has 2 aliphatic rings. The highest BCUT2D eigenvalue weighted by Crippen LogP contribution is 2.47. The Kier molecular flexibility index (Phi) is 6.25. The zero-order valence-electron chi connectivity index (χ0n) is 18.6. The smallest absolute Gasteiger partial charge is 0.194 e. The molecule has 0 spiro atoms. The molecule has 0 radical (unpaired) electrons. The first-order valence-electron chi connectivity index (χ1n) is 11.2. The second-order valence-electron chi connectivity index (χ2n) is 8.46. The van der Waals surface area contributed by atoms with Gasteiger partial charge in [0.25, 0.3) is 0 Å². The molecule has 1 aromatic heterocycles. The molecule has 9 heteroatoms. The molecule has 36 heavy (non-hydrogen) atoms. The van der Waals surface area contributed by atoms with Crippen molar-refractivity contribution < 1.29 is 8.81 Å². The summed E-state index contributed by atoms with van der Waals surface area (Å²) < 4.78 is 20.0. The number of anilines is 1. The summed E-state index contributed by atoms with van der Waals surface area (Å²) in [7, 11) is 0. The highest BCUT2D eigenvalue weighted by molar-refractivity contribution is 7.99. The van der Waals surface area contributed by atoms with Gasteiger partial charge in [-0.1, -0.05) is 47.5 Å². The lowest BCUT2D eigenvalue weighted by Gasteiger charge is -2.31. The van der Waals surface area contributed by atoms with E-state index in [2.05, 4.69) is 11.4 Å². The van der Waals surface area contributed by atoms with Crippen LogP contribution < -0.4 is 5.32 Å². The van der Waals surface area contributed by atoms with Gasteiger partial charge in [0, 0.05) is 33.4 Å². The lowest BCUT2D eigenvalue weighted by molar-refractivity contribution is 0.334. The molecule has 0 fully saturated rings. The number of furan rings is 1. The number of thioether (sulfide) groups is 1. The molecule has 0 amide bonds. The van der Waals surface area contributed by atoms with Crippen molar-refractivity contribution in [2.75, 3.05) is 11.1 Å². The molecule has 2 unspecified atom stereocenters. The first-order chi connectivity index (χ1) is 17.5. The van der Waals surface area contributed by atoms with Crippen LogP contribution in [-0.2, 0) is 0 Å². The Balaban J connectivity index is 1.45. The minimum atomic E-state index is -0.291. The fraction of sp³-hybridized carbons (Fsp3) is 0.111. The van der Waals surface area contributed by atoms with Gasteiger partial charge in [0.05, 0.1) is 28.1 Å². The molecule has 2 atom stereocenters. The zero-order chi connectivity index (χ0) is 24.8. The predicted molar refractivity (Wildman–Crippen MR) is 149 cm³/mol. The summed E-state index contributed by atoms with van der Waals surface area (Å²) in [4.78, 5) is 1.01. The third-order valence-corrected chi connectivity index (χ3v) is 8.51. The minimum absolute atomic E-state index is 0.0195. The van der Waals surface area contributed by atoms with E-state index in [9.17, 15) is 4.39 Å². The number of rotatable bonds is 3. The van der Waals surface area contributed by atoms with Crippen LogP contribution in [0, 0.1) is 11.7 Å². The van der Waals surface area contributed by atoms with Crippen molar-refractivity contribution in [3.63, 3.8) is 0 Å². The Morgan fingerprint density at radius 2 is 1.89 bits per heavy atom. The summed E-state index contributed by atoms with van der Waals surface area (Å²) in [5.74, 6) is 1.23. The lowest BCUT2D eigenvalue weighted by atomic mass is 9.85. The van der Waals surface area contributed by atoms with Gasteiger partial charge in [-0.25, -0.2) is 9.40 Å². The number of nitrogens with zero attached hydrogens (tertiary/aromatic N) is 2. The molecule has 0 aliphatic carbocycles. The van der Waals surface area contributed by atoms with Crippen molar-refractivity contribution in [1.82, 2.24) is 5.01 Å². The summed E-state index contributed by atoms with van der Waals surface area (Å²) in [5.41, 5.74) is 4.30. The van der Waals surface area contributed by atoms with E-state index in [0.29, 0.717) is 20.8 Å². The lowest BCUT2D eigenvalue weighted by Crippen LogP contribution is -2.35. The summed E-state index contributed by atoms with van der Waals surface area (Å²) in [5, 5.41) is 11.3. The van der Waals surface area contributed by atoms with Crippen molar-refractivity contribution >= 4 is 63.7 Å². The van der Waals surface area contributed by atoms with E-state index in [4.69, 9.17) is 44.9 Å². The van der Waals surface area contributed by atoms with Gasteiger partial charge in [-0.15, -0.1) is 11.8 Å². The van der Waals surface area contributed by atoms with Crippen LogP contribution in [0.4, 0.5) is 10.1 Å². The standard InChI is InChI=1S/C27H18Cl2FN3OS2/c28-21-9-8-16(13-22(21)29)31-27(35)33-26(18-5-2-1-4-17(18)23-6-3-11-34-23)20-14-36-24-10-7-15(30)12-19(24)25(20)32-33/h1-13,20,26H,14H2,(H,31,35). The van der Waals surface area contributed by atoms with Gasteiger partial charge >= 0.3 is 0 Å². The molecule has 6 rings (SSSR count). The zero-order valence-corrected chi connectivity index (χ0v) is 21.8.